The molecule has 96 valence electrons. The van der Waals surface area contributed by atoms with Crippen LogP contribution < -0.4 is 0 Å². The summed E-state index contributed by atoms with van der Waals surface area (Å²) in [6.45, 7) is 7.53. The highest BCUT2D eigenvalue weighted by atomic mass is 16.3. The topological polar surface area (TPSA) is 43.7 Å². The quantitative estimate of drug-likeness (QED) is 0.725. The fourth-order valence-electron chi connectivity index (χ4n) is 3.07. The van der Waals surface area contributed by atoms with Gasteiger partial charge < -0.3 is 15.1 Å². The lowest BCUT2D eigenvalue weighted by molar-refractivity contribution is 0.0211. The predicted molar refractivity (Wildman–Crippen MR) is 66.4 cm³/mol. The number of likely N-dealkylation sites (N-methyl/N-ethyl adjacent to an activating group) is 1. The molecule has 0 saturated heterocycles. The maximum Gasteiger partial charge on any atom is 0.0558 e. The lowest BCUT2D eigenvalue weighted by atomic mass is 9.70. The van der Waals surface area contributed by atoms with E-state index in [0.717, 1.165) is 38.4 Å². The highest BCUT2D eigenvalue weighted by Gasteiger charge is 2.35. The van der Waals surface area contributed by atoms with Crippen LogP contribution in [0.1, 0.15) is 39.5 Å². The van der Waals surface area contributed by atoms with Crippen molar-refractivity contribution in [1.29, 1.82) is 0 Å². The van der Waals surface area contributed by atoms with E-state index < -0.39 is 0 Å². The van der Waals surface area contributed by atoms with Gasteiger partial charge in [0.2, 0.25) is 0 Å². The Morgan fingerprint density at radius 1 is 1.38 bits per heavy atom. The first-order valence-corrected chi connectivity index (χ1v) is 6.60. The van der Waals surface area contributed by atoms with Crippen LogP contribution in [0.2, 0.25) is 0 Å². The molecular formula is C13H27NO2. The van der Waals surface area contributed by atoms with E-state index in [1.54, 1.807) is 0 Å². The SMILES string of the molecule is CCN(CCO)CC1(CO)CCCC(C)C1. The molecule has 2 atom stereocenters. The van der Waals surface area contributed by atoms with Crippen LogP contribution in [0, 0.1) is 11.3 Å². The summed E-state index contributed by atoms with van der Waals surface area (Å²) in [5, 5.41) is 18.7. The predicted octanol–water partition coefficient (Wildman–Crippen LogP) is 1.49. The largest absolute Gasteiger partial charge is 0.396 e. The maximum absolute atomic E-state index is 9.68. The number of nitrogens with zero attached hydrogens (tertiary/aromatic N) is 1. The van der Waals surface area contributed by atoms with Crippen LogP contribution in [0.15, 0.2) is 0 Å². The zero-order chi connectivity index (χ0) is 12.0. The number of rotatable bonds is 6. The summed E-state index contributed by atoms with van der Waals surface area (Å²) in [4.78, 5) is 2.26. The van der Waals surface area contributed by atoms with E-state index in [0.29, 0.717) is 6.61 Å². The molecule has 0 heterocycles. The van der Waals surface area contributed by atoms with Gasteiger partial charge in [-0.2, -0.15) is 0 Å². The number of aliphatic hydroxyl groups excluding tert-OH is 2. The van der Waals surface area contributed by atoms with Crippen LogP contribution in [0.4, 0.5) is 0 Å². The van der Waals surface area contributed by atoms with Crippen LogP contribution in [0.25, 0.3) is 0 Å². The summed E-state index contributed by atoms with van der Waals surface area (Å²) in [6, 6.07) is 0. The molecule has 0 amide bonds. The number of hydrogen-bond donors (Lipinski definition) is 2. The first kappa shape index (κ1) is 13.9. The Morgan fingerprint density at radius 2 is 2.12 bits per heavy atom. The van der Waals surface area contributed by atoms with Gasteiger partial charge in [0.15, 0.2) is 0 Å². The molecule has 0 spiro atoms. The average molecular weight is 229 g/mol. The molecule has 2 unspecified atom stereocenters. The normalized spacial score (nSPS) is 30.9. The Kier molecular flexibility index (Phi) is 5.73. The lowest BCUT2D eigenvalue weighted by Gasteiger charge is -2.41. The second kappa shape index (κ2) is 6.58. The maximum atomic E-state index is 9.68. The molecule has 1 aliphatic carbocycles. The van der Waals surface area contributed by atoms with Crippen molar-refractivity contribution in [3.63, 3.8) is 0 Å². The van der Waals surface area contributed by atoms with Gasteiger partial charge in [-0.05, 0) is 25.3 Å². The van der Waals surface area contributed by atoms with Crippen molar-refractivity contribution in [3.05, 3.63) is 0 Å². The second-order valence-electron chi connectivity index (χ2n) is 5.45. The van der Waals surface area contributed by atoms with Gasteiger partial charge in [0.25, 0.3) is 0 Å². The molecule has 3 heteroatoms. The molecule has 1 aliphatic rings. The molecule has 3 nitrogen and oxygen atoms in total. The Hall–Kier alpha value is -0.120. The van der Waals surface area contributed by atoms with Crippen molar-refractivity contribution >= 4 is 0 Å². The minimum atomic E-state index is 0.0862. The lowest BCUT2D eigenvalue weighted by Crippen LogP contribution is -2.44. The summed E-state index contributed by atoms with van der Waals surface area (Å²) in [5.41, 5.74) is 0.0862. The molecule has 1 rings (SSSR count). The van der Waals surface area contributed by atoms with Crippen molar-refractivity contribution in [2.45, 2.75) is 39.5 Å². The average Bonchev–Trinajstić information content (AvgIpc) is 2.28. The van der Waals surface area contributed by atoms with Crippen LogP contribution >= 0.6 is 0 Å². The van der Waals surface area contributed by atoms with E-state index in [1.165, 1.54) is 12.8 Å². The van der Waals surface area contributed by atoms with Crippen molar-refractivity contribution in [2.24, 2.45) is 11.3 Å². The fraction of sp³-hybridized carbons (Fsp3) is 1.00. The molecule has 2 N–H and O–H groups in total. The molecule has 16 heavy (non-hydrogen) atoms. The highest BCUT2D eigenvalue weighted by Crippen LogP contribution is 2.39. The van der Waals surface area contributed by atoms with Crippen molar-refractivity contribution in [2.75, 3.05) is 32.8 Å². The molecule has 0 bridgehead atoms. The molecule has 0 aromatic rings. The van der Waals surface area contributed by atoms with E-state index in [4.69, 9.17) is 5.11 Å². The minimum Gasteiger partial charge on any atom is -0.396 e. The first-order chi connectivity index (χ1) is 7.65. The molecule has 1 fully saturated rings. The highest BCUT2D eigenvalue weighted by molar-refractivity contribution is 4.87. The van der Waals surface area contributed by atoms with Gasteiger partial charge in [0.1, 0.15) is 0 Å². The first-order valence-electron chi connectivity index (χ1n) is 6.60. The van der Waals surface area contributed by atoms with Crippen LogP contribution in [0.5, 0.6) is 0 Å². The monoisotopic (exact) mass is 229 g/mol. The third kappa shape index (κ3) is 3.72. The summed E-state index contributed by atoms with van der Waals surface area (Å²) < 4.78 is 0. The second-order valence-corrected chi connectivity index (χ2v) is 5.45. The molecule has 0 aliphatic heterocycles. The van der Waals surface area contributed by atoms with Crippen molar-refractivity contribution in [1.82, 2.24) is 4.90 Å². The van der Waals surface area contributed by atoms with E-state index >= 15 is 0 Å². The summed E-state index contributed by atoms with van der Waals surface area (Å²) in [7, 11) is 0. The van der Waals surface area contributed by atoms with Gasteiger partial charge in [-0.3, -0.25) is 0 Å². The van der Waals surface area contributed by atoms with E-state index in [1.807, 2.05) is 0 Å². The Balaban J connectivity index is 2.57. The van der Waals surface area contributed by atoms with Crippen LogP contribution in [-0.4, -0.2) is 48.0 Å². The summed E-state index contributed by atoms with van der Waals surface area (Å²) in [6.07, 6.45) is 4.80. The smallest absolute Gasteiger partial charge is 0.0558 e. The standard InChI is InChI=1S/C13H27NO2/c1-3-14(7-8-15)10-13(11-16)6-4-5-12(2)9-13/h12,15-16H,3-11H2,1-2H3. The van der Waals surface area contributed by atoms with E-state index in [-0.39, 0.29) is 12.0 Å². The minimum absolute atomic E-state index is 0.0862. The van der Waals surface area contributed by atoms with Gasteiger partial charge >= 0.3 is 0 Å². The number of aliphatic hydroxyl groups is 2. The Morgan fingerprint density at radius 3 is 2.62 bits per heavy atom. The van der Waals surface area contributed by atoms with Gasteiger partial charge in [0, 0.05) is 25.1 Å². The fourth-order valence-corrected chi connectivity index (χ4v) is 3.07. The van der Waals surface area contributed by atoms with Gasteiger partial charge in [0.05, 0.1) is 6.61 Å². The molecule has 0 aromatic carbocycles. The molecular weight excluding hydrogens is 202 g/mol. The van der Waals surface area contributed by atoms with Gasteiger partial charge in [-0.15, -0.1) is 0 Å². The molecule has 1 saturated carbocycles. The van der Waals surface area contributed by atoms with Gasteiger partial charge in [-0.25, -0.2) is 0 Å². The zero-order valence-corrected chi connectivity index (χ0v) is 10.8. The van der Waals surface area contributed by atoms with Crippen LogP contribution in [0.3, 0.4) is 0 Å². The summed E-state index contributed by atoms with van der Waals surface area (Å²) >= 11 is 0. The van der Waals surface area contributed by atoms with E-state index in [9.17, 15) is 5.11 Å². The number of hydrogen-bond acceptors (Lipinski definition) is 3. The zero-order valence-electron chi connectivity index (χ0n) is 10.8. The molecule has 0 aromatic heterocycles. The third-order valence-corrected chi connectivity index (χ3v) is 3.94. The van der Waals surface area contributed by atoms with Crippen molar-refractivity contribution < 1.29 is 10.2 Å². The van der Waals surface area contributed by atoms with Crippen LogP contribution in [-0.2, 0) is 0 Å². The summed E-state index contributed by atoms with van der Waals surface area (Å²) in [5.74, 6) is 0.730. The van der Waals surface area contributed by atoms with Crippen molar-refractivity contribution in [3.8, 4) is 0 Å². The van der Waals surface area contributed by atoms with E-state index in [2.05, 4.69) is 18.7 Å². The molecule has 0 radical (unpaired) electrons. The Bertz CT molecular complexity index is 198. The third-order valence-electron chi connectivity index (χ3n) is 3.94. The Labute approximate surface area is 99.5 Å². The van der Waals surface area contributed by atoms with Gasteiger partial charge in [-0.1, -0.05) is 26.7 Å².